The summed E-state index contributed by atoms with van der Waals surface area (Å²) in [6, 6.07) is 0. The summed E-state index contributed by atoms with van der Waals surface area (Å²) in [5.74, 6) is -14.7. The molecule has 0 radical (unpaired) electrons. The van der Waals surface area contributed by atoms with Gasteiger partial charge in [0.1, 0.15) is 6.61 Å². The number of ether oxygens (including phenoxy) is 3. The van der Waals surface area contributed by atoms with Crippen molar-refractivity contribution in [3.8, 4) is 5.75 Å². The van der Waals surface area contributed by atoms with Crippen LogP contribution >= 0.6 is 10.8 Å². The van der Waals surface area contributed by atoms with Gasteiger partial charge >= 0.3 is 15.1 Å². The highest BCUT2D eigenvalue weighted by Gasteiger charge is 2.28. The van der Waals surface area contributed by atoms with Gasteiger partial charge in [-0.25, -0.2) is 18.0 Å². The molecular weight excluding hydrogens is 415 g/mol. The highest BCUT2D eigenvalue weighted by atomic mass is 33.1. The molecular formula is C12H11F5O7S2. The standard InChI is InChI=1S/C12H11F5O7S2/c13-7-8(14)10(16)12(11(17)9(7)15)24-6(18)5-23-2-1-22-3-4-25-26(19,20)21/h1-5H2,(H,19,20,21). The lowest BCUT2D eigenvalue weighted by Crippen LogP contribution is -2.20. The van der Waals surface area contributed by atoms with Crippen molar-refractivity contribution >= 4 is 25.9 Å². The Morgan fingerprint density at radius 1 is 0.885 bits per heavy atom. The fourth-order valence-corrected chi connectivity index (χ4v) is 2.62. The van der Waals surface area contributed by atoms with E-state index in [-0.39, 0.29) is 36.4 Å². The second kappa shape index (κ2) is 10.0. The van der Waals surface area contributed by atoms with Crippen LogP contribution in [0.15, 0.2) is 0 Å². The van der Waals surface area contributed by atoms with Gasteiger partial charge in [0.25, 0.3) is 0 Å². The zero-order valence-electron chi connectivity index (χ0n) is 12.6. The molecule has 0 unspecified atom stereocenters. The Labute approximate surface area is 147 Å². The molecule has 0 aliphatic rings. The topological polar surface area (TPSA) is 99.1 Å². The molecule has 148 valence electrons. The average molecular weight is 426 g/mol. The molecule has 7 nitrogen and oxygen atoms in total. The minimum absolute atomic E-state index is 0.0666. The number of carbonyl (C=O) groups is 1. The fourth-order valence-electron chi connectivity index (χ4n) is 1.39. The van der Waals surface area contributed by atoms with Crippen molar-refractivity contribution in [1.29, 1.82) is 0 Å². The third kappa shape index (κ3) is 7.03. The minimum atomic E-state index is -4.17. The normalized spacial score (nSPS) is 11.6. The van der Waals surface area contributed by atoms with Gasteiger partial charge in [0.2, 0.25) is 34.8 Å². The Bertz CT molecular complexity index is 728. The van der Waals surface area contributed by atoms with Crippen molar-refractivity contribution in [1.82, 2.24) is 0 Å². The van der Waals surface area contributed by atoms with Gasteiger partial charge in [-0.2, -0.15) is 17.2 Å². The van der Waals surface area contributed by atoms with Gasteiger partial charge in [-0.05, 0) is 10.8 Å². The molecule has 0 aliphatic carbocycles. The van der Waals surface area contributed by atoms with E-state index in [1.54, 1.807) is 0 Å². The predicted molar refractivity (Wildman–Crippen MR) is 77.5 cm³/mol. The Hall–Kier alpha value is -1.48. The van der Waals surface area contributed by atoms with E-state index in [0.29, 0.717) is 0 Å². The second-order valence-corrected chi connectivity index (χ2v) is 7.76. The van der Waals surface area contributed by atoms with Crippen molar-refractivity contribution in [2.24, 2.45) is 0 Å². The monoisotopic (exact) mass is 426 g/mol. The van der Waals surface area contributed by atoms with E-state index < -0.39 is 56.6 Å². The molecule has 0 heterocycles. The predicted octanol–water partition coefficient (Wildman–Crippen LogP) is 1.86. The van der Waals surface area contributed by atoms with Crippen molar-refractivity contribution in [2.75, 3.05) is 32.2 Å². The number of hydrogen-bond donors (Lipinski definition) is 1. The molecule has 14 heteroatoms. The first-order chi connectivity index (χ1) is 12.0. The van der Waals surface area contributed by atoms with Gasteiger partial charge in [-0.1, -0.05) is 0 Å². The van der Waals surface area contributed by atoms with Crippen LogP contribution in [0.2, 0.25) is 0 Å². The summed E-state index contributed by atoms with van der Waals surface area (Å²) in [5, 5.41) is 0. The Balaban J connectivity index is 2.36. The first-order valence-electron chi connectivity index (χ1n) is 6.54. The fraction of sp³-hybridized carbons (Fsp3) is 0.417. The van der Waals surface area contributed by atoms with Crippen molar-refractivity contribution < 1.29 is 53.9 Å². The molecule has 0 saturated heterocycles. The number of benzene rings is 1. The van der Waals surface area contributed by atoms with Crippen molar-refractivity contribution in [2.45, 2.75) is 0 Å². The first-order valence-corrected chi connectivity index (χ1v) is 9.48. The van der Waals surface area contributed by atoms with Crippen LogP contribution in [-0.2, 0) is 23.4 Å². The first kappa shape index (κ1) is 22.6. The minimum Gasteiger partial charge on any atom is -0.418 e. The SMILES string of the molecule is O=C(COCCOCCSS(=O)(=O)O)Oc1c(F)c(F)c(F)c(F)c1F. The van der Waals surface area contributed by atoms with Crippen LogP contribution in [0, 0.1) is 29.1 Å². The molecule has 0 atom stereocenters. The van der Waals surface area contributed by atoms with Crippen LogP contribution < -0.4 is 4.74 Å². The van der Waals surface area contributed by atoms with Gasteiger partial charge in [-0.15, -0.1) is 0 Å². The van der Waals surface area contributed by atoms with E-state index in [9.17, 15) is 35.2 Å². The molecule has 0 aromatic heterocycles. The van der Waals surface area contributed by atoms with Gasteiger partial charge in [0.05, 0.1) is 19.8 Å². The van der Waals surface area contributed by atoms with Gasteiger partial charge < -0.3 is 14.2 Å². The van der Waals surface area contributed by atoms with E-state index >= 15 is 0 Å². The Morgan fingerprint density at radius 3 is 1.92 bits per heavy atom. The highest BCUT2D eigenvalue weighted by molar-refractivity contribution is 8.69. The number of hydrogen-bond acceptors (Lipinski definition) is 7. The summed E-state index contributed by atoms with van der Waals surface area (Å²) in [6.45, 7) is -1.27. The van der Waals surface area contributed by atoms with Crippen molar-refractivity contribution in [3.63, 3.8) is 0 Å². The number of esters is 1. The quantitative estimate of drug-likeness (QED) is 0.0885. The maximum atomic E-state index is 13.3. The summed E-state index contributed by atoms with van der Waals surface area (Å²) < 4.78 is 108. The maximum Gasteiger partial charge on any atom is 0.337 e. The molecule has 0 spiro atoms. The third-order valence-corrected chi connectivity index (χ3v) is 4.46. The van der Waals surface area contributed by atoms with Crippen LogP contribution in [0.4, 0.5) is 22.0 Å². The average Bonchev–Trinajstić information content (AvgIpc) is 2.56. The van der Waals surface area contributed by atoms with E-state index in [1.807, 2.05) is 0 Å². The number of rotatable bonds is 10. The van der Waals surface area contributed by atoms with Gasteiger partial charge in [0, 0.05) is 5.75 Å². The zero-order valence-corrected chi connectivity index (χ0v) is 14.3. The van der Waals surface area contributed by atoms with Gasteiger partial charge in [-0.3, -0.25) is 4.55 Å². The Kier molecular flexibility index (Phi) is 8.69. The summed E-state index contributed by atoms with van der Waals surface area (Å²) in [5.41, 5.74) is 0. The lowest BCUT2D eigenvalue weighted by molar-refractivity contribution is -0.140. The highest BCUT2D eigenvalue weighted by Crippen LogP contribution is 2.29. The summed E-state index contributed by atoms with van der Waals surface area (Å²) in [7, 11) is -3.93. The number of carbonyl (C=O) groups excluding carboxylic acids is 1. The van der Waals surface area contributed by atoms with Crippen molar-refractivity contribution in [3.05, 3.63) is 29.1 Å². The summed E-state index contributed by atoms with van der Waals surface area (Å²) in [6.07, 6.45) is 0. The third-order valence-electron chi connectivity index (χ3n) is 2.44. The molecule has 0 fully saturated rings. The summed E-state index contributed by atoms with van der Waals surface area (Å²) >= 11 is 0. The Morgan fingerprint density at radius 2 is 1.38 bits per heavy atom. The molecule has 0 aliphatic heterocycles. The molecule has 26 heavy (non-hydrogen) atoms. The summed E-state index contributed by atoms with van der Waals surface area (Å²) in [4.78, 5) is 11.3. The van der Waals surface area contributed by atoms with E-state index in [0.717, 1.165) is 0 Å². The van der Waals surface area contributed by atoms with E-state index in [1.165, 1.54) is 0 Å². The molecule has 1 rings (SSSR count). The largest absolute Gasteiger partial charge is 0.418 e. The molecule has 1 aromatic carbocycles. The maximum absolute atomic E-state index is 13.3. The molecule has 0 saturated carbocycles. The number of halogens is 5. The molecule has 0 amide bonds. The lowest BCUT2D eigenvalue weighted by atomic mass is 10.2. The van der Waals surface area contributed by atoms with Crippen LogP contribution in [0.3, 0.4) is 0 Å². The smallest absolute Gasteiger partial charge is 0.337 e. The van der Waals surface area contributed by atoms with Crippen LogP contribution in [0.25, 0.3) is 0 Å². The second-order valence-electron chi connectivity index (χ2n) is 4.29. The van der Waals surface area contributed by atoms with Crippen LogP contribution in [-0.4, -0.2) is 51.1 Å². The van der Waals surface area contributed by atoms with Crippen LogP contribution in [0.1, 0.15) is 0 Å². The molecule has 0 bridgehead atoms. The lowest BCUT2D eigenvalue weighted by Gasteiger charge is -2.09. The zero-order chi connectivity index (χ0) is 19.9. The van der Waals surface area contributed by atoms with E-state index in [2.05, 4.69) is 4.74 Å². The van der Waals surface area contributed by atoms with Crippen LogP contribution in [0.5, 0.6) is 5.75 Å². The molecule has 1 aromatic rings. The van der Waals surface area contributed by atoms with Gasteiger partial charge in [0.15, 0.2) is 0 Å². The van der Waals surface area contributed by atoms with E-state index in [4.69, 9.17) is 14.0 Å². The molecule has 1 N–H and O–H groups in total.